The van der Waals surface area contributed by atoms with Gasteiger partial charge >= 0.3 is 0 Å². The minimum Gasteiger partial charge on any atom is -0.396 e. The zero-order valence-corrected chi connectivity index (χ0v) is 12.6. The van der Waals surface area contributed by atoms with Gasteiger partial charge in [0.2, 0.25) is 5.91 Å². The lowest BCUT2D eigenvalue weighted by molar-refractivity contribution is -0.121. The van der Waals surface area contributed by atoms with E-state index in [1.165, 1.54) is 11.1 Å². The summed E-state index contributed by atoms with van der Waals surface area (Å²) in [5.41, 5.74) is 2.77. The van der Waals surface area contributed by atoms with Gasteiger partial charge in [0.25, 0.3) is 0 Å². The molecule has 0 heterocycles. The maximum atomic E-state index is 11.9. The number of hydrogen-bond donors (Lipinski definition) is 2. The molecule has 0 saturated heterocycles. The molecule has 1 aromatic rings. The number of nitrogens with one attached hydrogen (secondary N) is 1. The zero-order valence-electron chi connectivity index (χ0n) is 11.8. The van der Waals surface area contributed by atoms with Crippen LogP contribution in [0.4, 0.5) is 0 Å². The third-order valence-electron chi connectivity index (χ3n) is 3.70. The molecule has 1 aliphatic carbocycles. The summed E-state index contributed by atoms with van der Waals surface area (Å²) < 4.78 is 0. The molecule has 0 aromatic heterocycles. The van der Waals surface area contributed by atoms with Gasteiger partial charge in [-0.15, -0.1) is 0 Å². The Morgan fingerprint density at radius 2 is 2.20 bits per heavy atom. The zero-order chi connectivity index (χ0) is 14.2. The number of thioether (sulfide) groups is 1. The van der Waals surface area contributed by atoms with Gasteiger partial charge in [-0.25, -0.2) is 0 Å². The van der Waals surface area contributed by atoms with Crippen LogP contribution >= 0.6 is 11.8 Å². The average molecular weight is 293 g/mol. The van der Waals surface area contributed by atoms with Crippen molar-refractivity contribution in [3.05, 3.63) is 35.4 Å². The molecule has 0 bridgehead atoms. The third kappa shape index (κ3) is 4.53. The first kappa shape index (κ1) is 15.4. The standard InChI is InChI=1S/C16H23NO2S/c18-9-3-10-20-11-8-17-16(19)12-14-7-6-13-4-1-2-5-15(13)14/h1-2,4-5,14,18H,3,6-12H2,(H,17,19). The lowest BCUT2D eigenvalue weighted by Crippen LogP contribution is -2.27. The van der Waals surface area contributed by atoms with Gasteiger partial charge < -0.3 is 10.4 Å². The van der Waals surface area contributed by atoms with E-state index in [0.717, 1.165) is 37.3 Å². The van der Waals surface area contributed by atoms with E-state index in [1.54, 1.807) is 11.8 Å². The van der Waals surface area contributed by atoms with Crippen LogP contribution in [0.3, 0.4) is 0 Å². The second kappa shape index (κ2) is 8.32. The molecule has 0 spiro atoms. The highest BCUT2D eigenvalue weighted by Gasteiger charge is 2.23. The van der Waals surface area contributed by atoms with Crippen molar-refractivity contribution in [2.24, 2.45) is 0 Å². The molecular weight excluding hydrogens is 270 g/mol. The molecule has 110 valence electrons. The van der Waals surface area contributed by atoms with E-state index in [-0.39, 0.29) is 12.5 Å². The van der Waals surface area contributed by atoms with Crippen LogP contribution in [0.2, 0.25) is 0 Å². The molecule has 0 radical (unpaired) electrons. The van der Waals surface area contributed by atoms with Crippen LogP contribution in [0.1, 0.15) is 36.3 Å². The number of aryl methyl sites for hydroxylation is 1. The lowest BCUT2D eigenvalue weighted by Gasteiger charge is -2.11. The van der Waals surface area contributed by atoms with Crippen LogP contribution in [0.15, 0.2) is 24.3 Å². The summed E-state index contributed by atoms with van der Waals surface area (Å²) in [4.78, 5) is 11.9. The number of carbonyl (C=O) groups excluding carboxylic acids is 1. The molecule has 1 amide bonds. The summed E-state index contributed by atoms with van der Waals surface area (Å²) in [7, 11) is 0. The van der Waals surface area contributed by atoms with Crippen LogP contribution in [-0.2, 0) is 11.2 Å². The maximum absolute atomic E-state index is 11.9. The molecule has 0 aliphatic heterocycles. The van der Waals surface area contributed by atoms with E-state index in [4.69, 9.17) is 5.11 Å². The Morgan fingerprint density at radius 3 is 3.05 bits per heavy atom. The Hall–Kier alpha value is -1.00. The van der Waals surface area contributed by atoms with E-state index >= 15 is 0 Å². The summed E-state index contributed by atoms with van der Waals surface area (Å²) >= 11 is 1.78. The number of benzene rings is 1. The fourth-order valence-electron chi connectivity index (χ4n) is 2.68. The van der Waals surface area contributed by atoms with Gasteiger partial charge in [0.15, 0.2) is 0 Å². The highest BCUT2D eigenvalue weighted by atomic mass is 32.2. The normalized spacial score (nSPS) is 16.9. The Bertz CT molecular complexity index is 436. The number of fused-ring (bicyclic) bond motifs is 1. The van der Waals surface area contributed by atoms with Gasteiger partial charge in [-0.2, -0.15) is 11.8 Å². The number of rotatable bonds is 8. The lowest BCUT2D eigenvalue weighted by atomic mass is 9.97. The maximum Gasteiger partial charge on any atom is 0.220 e. The van der Waals surface area contributed by atoms with Crippen molar-refractivity contribution in [1.82, 2.24) is 5.32 Å². The first-order valence-corrected chi connectivity index (χ1v) is 8.50. The van der Waals surface area contributed by atoms with Gasteiger partial charge in [-0.1, -0.05) is 24.3 Å². The minimum atomic E-state index is 0.162. The molecule has 3 nitrogen and oxygen atoms in total. The van der Waals surface area contributed by atoms with Crippen LogP contribution in [-0.4, -0.2) is 35.7 Å². The molecule has 2 N–H and O–H groups in total. The van der Waals surface area contributed by atoms with Crippen molar-refractivity contribution >= 4 is 17.7 Å². The van der Waals surface area contributed by atoms with E-state index < -0.39 is 0 Å². The van der Waals surface area contributed by atoms with Gasteiger partial charge in [0.05, 0.1) is 0 Å². The number of aliphatic hydroxyl groups excluding tert-OH is 1. The summed E-state index contributed by atoms with van der Waals surface area (Å²) in [6.45, 7) is 0.976. The third-order valence-corrected chi connectivity index (χ3v) is 4.77. The summed E-state index contributed by atoms with van der Waals surface area (Å²) in [6, 6.07) is 8.47. The first-order chi connectivity index (χ1) is 9.81. The van der Waals surface area contributed by atoms with E-state index in [9.17, 15) is 4.79 Å². The molecule has 20 heavy (non-hydrogen) atoms. The van der Waals surface area contributed by atoms with Crippen molar-refractivity contribution in [2.75, 3.05) is 24.7 Å². The largest absolute Gasteiger partial charge is 0.396 e. The Kier molecular flexibility index (Phi) is 6.40. The fourth-order valence-corrected chi connectivity index (χ4v) is 3.47. The number of hydrogen-bond acceptors (Lipinski definition) is 3. The van der Waals surface area contributed by atoms with Gasteiger partial charge in [0.1, 0.15) is 0 Å². The van der Waals surface area contributed by atoms with Crippen molar-refractivity contribution in [1.29, 1.82) is 0 Å². The second-order valence-corrected chi connectivity index (χ2v) is 6.40. The van der Waals surface area contributed by atoms with Crippen molar-refractivity contribution in [2.45, 2.75) is 31.6 Å². The summed E-state index contributed by atoms with van der Waals surface area (Å²) in [6.07, 6.45) is 3.64. The molecule has 1 atom stereocenters. The van der Waals surface area contributed by atoms with Crippen LogP contribution < -0.4 is 5.32 Å². The van der Waals surface area contributed by atoms with Crippen molar-refractivity contribution in [3.63, 3.8) is 0 Å². The number of amides is 1. The first-order valence-electron chi connectivity index (χ1n) is 7.34. The molecular formula is C16H23NO2S. The monoisotopic (exact) mass is 293 g/mol. The molecule has 4 heteroatoms. The SMILES string of the molecule is O=C(CC1CCc2ccccc21)NCCSCCCO. The predicted molar refractivity (Wildman–Crippen MR) is 84.2 cm³/mol. The highest BCUT2D eigenvalue weighted by Crippen LogP contribution is 2.34. The molecule has 0 fully saturated rings. The summed E-state index contributed by atoms with van der Waals surface area (Å²) in [5, 5.41) is 11.7. The Labute approximate surface area is 125 Å². The Morgan fingerprint density at radius 1 is 1.35 bits per heavy atom. The molecule has 0 saturated carbocycles. The van der Waals surface area contributed by atoms with E-state index in [0.29, 0.717) is 12.3 Å². The minimum absolute atomic E-state index is 0.162. The number of aliphatic hydroxyl groups is 1. The topological polar surface area (TPSA) is 49.3 Å². The molecule has 1 aromatic carbocycles. The summed E-state index contributed by atoms with van der Waals surface area (Å²) in [5.74, 6) is 2.44. The molecule has 2 rings (SSSR count). The van der Waals surface area contributed by atoms with E-state index in [1.807, 2.05) is 0 Å². The number of carbonyl (C=O) groups is 1. The highest BCUT2D eigenvalue weighted by molar-refractivity contribution is 7.99. The van der Waals surface area contributed by atoms with Crippen LogP contribution in [0.5, 0.6) is 0 Å². The van der Waals surface area contributed by atoms with Gasteiger partial charge in [-0.3, -0.25) is 4.79 Å². The van der Waals surface area contributed by atoms with Gasteiger partial charge in [-0.05, 0) is 42.1 Å². The van der Waals surface area contributed by atoms with E-state index in [2.05, 4.69) is 29.6 Å². The smallest absolute Gasteiger partial charge is 0.220 e. The predicted octanol–water partition coefficient (Wildman–Crippen LogP) is 2.34. The van der Waals surface area contributed by atoms with Crippen molar-refractivity contribution < 1.29 is 9.90 Å². The molecule has 1 unspecified atom stereocenters. The van der Waals surface area contributed by atoms with Gasteiger partial charge in [0, 0.05) is 25.3 Å². The quantitative estimate of drug-likeness (QED) is 0.723. The molecule has 1 aliphatic rings. The van der Waals surface area contributed by atoms with Crippen LogP contribution in [0.25, 0.3) is 0 Å². The fraction of sp³-hybridized carbons (Fsp3) is 0.562. The average Bonchev–Trinajstić information content (AvgIpc) is 2.86. The Balaban J connectivity index is 1.66. The van der Waals surface area contributed by atoms with Crippen LogP contribution in [0, 0.1) is 0 Å². The second-order valence-electron chi connectivity index (χ2n) is 5.18. The van der Waals surface area contributed by atoms with Crippen molar-refractivity contribution in [3.8, 4) is 0 Å².